The molecule has 1 aromatic rings. The molecule has 0 aromatic heterocycles. The van der Waals surface area contributed by atoms with Crippen molar-refractivity contribution in [1.82, 2.24) is 4.90 Å². The number of rotatable bonds is 3. The van der Waals surface area contributed by atoms with Gasteiger partial charge in [-0.05, 0) is 18.9 Å². The number of non-ortho nitro benzene ring substituents is 1. The molecule has 1 N–H and O–H groups in total. The Labute approximate surface area is 125 Å². The van der Waals surface area contributed by atoms with Crippen LogP contribution < -0.4 is 0 Å². The lowest BCUT2D eigenvalue weighted by Gasteiger charge is -2.30. The Hall–Kier alpha value is -2.15. The van der Waals surface area contributed by atoms with E-state index in [0.717, 1.165) is 12.1 Å². The van der Waals surface area contributed by atoms with E-state index in [-0.39, 0.29) is 22.8 Å². The average molecular weight is 313 g/mol. The second-order valence-electron chi connectivity index (χ2n) is 4.88. The molecule has 0 aliphatic carbocycles. The lowest BCUT2D eigenvalue weighted by molar-refractivity contribution is -0.384. The number of amides is 1. The van der Waals surface area contributed by atoms with Gasteiger partial charge in [-0.2, -0.15) is 0 Å². The lowest BCUT2D eigenvalue weighted by Crippen LogP contribution is -2.42. The van der Waals surface area contributed by atoms with Gasteiger partial charge in [0.1, 0.15) is 0 Å². The smallest absolute Gasteiger partial charge is 0.308 e. The number of carbonyl (C=O) groups excluding carboxylic acids is 1. The number of carboxylic acid groups (broad SMARTS) is 1. The highest BCUT2D eigenvalue weighted by Gasteiger charge is 2.29. The van der Waals surface area contributed by atoms with Crippen LogP contribution in [0, 0.1) is 16.0 Å². The van der Waals surface area contributed by atoms with Crippen molar-refractivity contribution < 1.29 is 19.6 Å². The van der Waals surface area contributed by atoms with Crippen LogP contribution in [0.1, 0.15) is 23.2 Å². The van der Waals surface area contributed by atoms with Gasteiger partial charge in [-0.25, -0.2) is 0 Å². The molecule has 1 fully saturated rings. The molecule has 1 saturated heterocycles. The molecule has 1 atom stereocenters. The lowest BCUT2D eigenvalue weighted by atomic mass is 9.97. The third-order valence-corrected chi connectivity index (χ3v) is 3.62. The van der Waals surface area contributed by atoms with Gasteiger partial charge < -0.3 is 10.0 Å². The maximum Gasteiger partial charge on any atom is 0.308 e. The van der Waals surface area contributed by atoms with Gasteiger partial charge in [0.15, 0.2) is 0 Å². The molecule has 1 aliphatic rings. The standard InChI is InChI=1S/C13H13ClN2O5/c14-10-4-9(5-11(6-10)16(20)21)12(17)15-3-1-2-8(7-15)13(18)19/h4-6,8H,1-3,7H2,(H,18,19). The summed E-state index contributed by atoms with van der Waals surface area (Å²) in [5.41, 5.74) is -0.169. The minimum Gasteiger partial charge on any atom is -0.481 e. The van der Waals surface area contributed by atoms with E-state index in [4.69, 9.17) is 16.7 Å². The first-order chi connectivity index (χ1) is 9.88. The van der Waals surface area contributed by atoms with Crippen LogP contribution in [0.5, 0.6) is 0 Å². The largest absolute Gasteiger partial charge is 0.481 e. The second kappa shape index (κ2) is 6.09. The predicted octanol–water partition coefficient (Wildman–Crippen LogP) is 2.19. The second-order valence-corrected chi connectivity index (χ2v) is 5.32. The molecule has 0 saturated carbocycles. The van der Waals surface area contributed by atoms with Crippen LogP contribution in [0.2, 0.25) is 5.02 Å². The SMILES string of the molecule is O=C(O)C1CCCN(C(=O)c2cc(Cl)cc([N+](=O)[O-])c2)C1. The molecular weight excluding hydrogens is 300 g/mol. The molecule has 1 aliphatic heterocycles. The van der Waals surface area contributed by atoms with E-state index in [1.54, 1.807) is 0 Å². The van der Waals surface area contributed by atoms with E-state index >= 15 is 0 Å². The molecule has 21 heavy (non-hydrogen) atoms. The van der Waals surface area contributed by atoms with Crippen LogP contribution in [0.4, 0.5) is 5.69 Å². The first-order valence-corrected chi connectivity index (χ1v) is 6.73. The molecule has 0 spiro atoms. The summed E-state index contributed by atoms with van der Waals surface area (Å²) in [6, 6.07) is 3.66. The summed E-state index contributed by atoms with van der Waals surface area (Å²) < 4.78 is 0. The molecule has 8 heteroatoms. The highest BCUT2D eigenvalue weighted by atomic mass is 35.5. The fourth-order valence-corrected chi connectivity index (χ4v) is 2.58. The quantitative estimate of drug-likeness (QED) is 0.681. The van der Waals surface area contributed by atoms with E-state index in [1.807, 2.05) is 0 Å². The molecule has 0 radical (unpaired) electrons. The van der Waals surface area contributed by atoms with Crippen molar-refractivity contribution in [1.29, 1.82) is 0 Å². The number of hydrogen-bond donors (Lipinski definition) is 1. The van der Waals surface area contributed by atoms with Crippen molar-refractivity contribution in [3.8, 4) is 0 Å². The Bertz CT molecular complexity index is 604. The van der Waals surface area contributed by atoms with Crippen LogP contribution in [-0.2, 0) is 4.79 Å². The van der Waals surface area contributed by atoms with Gasteiger partial charge in [0.25, 0.3) is 11.6 Å². The van der Waals surface area contributed by atoms with Crippen molar-refractivity contribution in [3.05, 3.63) is 38.9 Å². The molecular formula is C13H13ClN2O5. The Morgan fingerprint density at radius 3 is 2.71 bits per heavy atom. The number of halogens is 1. The van der Waals surface area contributed by atoms with Gasteiger partial charge in [-0.3, -0.25) is 19.7 Å². The summed E-state index contributed by atoms with van der Waals surface area (Å²) in [5.74, 6) is -1.98. The number of aliphatic carboxylic acids is 1. The fourth-order valence-electron chi connectivity index (χ4n) is 2.35. The highest BCUT2D eigenvalue weighted by molar-refractivity contribution is 6.31. The average Bonchev–Trinajstić information content (AvgIpc) is 2.45. The van der Waals surface area contributed by atoms with E-state index < -0.39 is 22.7 Å². The molecule has 0 bridgehead atoms. The Kier molecular flexibility index (Phi) is 4.42. The number of carboxylic acids is 1. The van der Waals surface area contributed by atoms with E-state index in [2.05, 4.69) is 0 Å². The molecule has 1 unspecified atom stereocenters. The van der Waals surface area contributed by atoms with E-state index in [9.17, 15) is 19.7 Å². The minimum absolute atomic E-state index is 0.0966. The first kappa shape index (κ1) is 15.2. The summed E-state index contributed by atoms with van der Waals surface area (Å²) in [7, 11) is 0. The zero-order valence-corrected chi connectivity index (χ0v) is 11.7. The van der Waals surface area contributed by atoms with Crippen LogP contribution in [0.3, 0.4) is 0 Å². The number of piperidine rings is 1. The maximum absolute atomic E-state index is 12.3. The topological polar surface area (TPSA) is 101 Å². The summed E-state index contributed by atoms with van der Waals surface area (Å²) >= 11 is 5.79. The predicted molar refractivity (Wildman–Crippen MR) is 74.4 cm³/mol. The number of carbonyl (C=O) groups is 2. The summed E-state index contributed by atoms with van der Waals surface area (Å²) in [5, 5.41) is 19.9. The van der Waals surface area contributed by atoms with Crippen molar-refractivity contribution in [2.24, 2.45) is 5.92 Å². The van der Waals surface area contributed by atoms with Gasteiger partial charge in [0.2, 0.25) is 0 Å². The van der Waals surface area contributed by atoms with E-state index in [1.165, 1.54) is 11.0 Å². The van der Waals surface area contributed by atoms with Crippen LogP contribution in [0.25, 0.3) is 0 Å². The van der Waals surface area contributed by atoms with Gasteiger partial charge in [-0.15, -0.1) is 0 Å². The zero-order valence-electron chi connectivity index (χ0n) is 11.0. The van der Waals surface area contributed by atoms with Gasteiger partial charge in [0, 0.05) is 35.8 Å². The minimum atomic E-state index is -0.940. The number of nitro groups is 1. The van der Waals surface area contributed by atoms with Crippen molar-refractivity contribution >= 4 is 29.2 Å². The monoisotopic (exact) mass is 312 g/mol. The van der Waals surface area contributed by atoms with Crippen molar-refractivity contribution in [3.63, 3.8) is 0 Å². The van der Waals surface area contributed by atoms with Crippen molar-refractivity contribution in [2.45, 2.75) is 12.8 Å². The van der Waals surface area contributed by atoms with Crippen LogP contribution >= 0.6 is 11.6 Å². The first-order valence-electron chi connectivity index (χ1n) is 6.35. The molecule has 2 rings (SSSR count). The third kappa shape index (κ3) is 3.49. The number of likely N-dealkylation sites (tertiary alicyclic amines) is 1. The zero-order chi connectivity index (χ0) is 15.6. The molecule has 112 valence electrons. The Balaban J connectivity index is 2.23. The van der Waals surface area contributed by atoms with Gasteiger partial charge >= 0.3 is 5.97 Å². The Morgan fingerprint density at radius 2 is 2.10 bits per heavy atom. The van der Waals surface area contributed by atoms with Crippen molar-refractivity contribution in [2.75, 3.05) is 13.1 Å². The summed E-state index contributed by atoms with van der Waals surface area (Å²) in [6.07, 6.45) is 1.11. The number of benzene rings is 1. The molecule has 1 aromatic carbocycles. The fraction of sp³-hybridized carbons (Fsp3) is 0.385. The van der Waals surface area contributed by atoms with Crippen LogP contribution in [0.15, 0.2) is 18.2 Å². The third-order valence-electron chi connectivity index (χ3n) is 3.40. The number of hydrogen-bond acceptors (Lipinski definition) is 4. The molecule has 7 nitrogen and oxygen atoms in total. The van der Waals surface area contributed by atoms with Crippen LogP contribution in [-0.4, -0.2) is 39.9 Å². The maximum atomic E-state index is 12.3. The Morgan fingerprint density at radius 1 is 1.38 bits per heavy atom. The van der Waals surface area contributed by atoms with Gasteiger partial charge in [-0.1, -0.05) is 11.6 Å². The number of nitro benzene ring substituents is 1. The number of nitrogens with zero attached hydrogens (tertiary/aromatic N) is 2. The van der Waals surface area contributed by atoms with Gasteiger partial charge in [0.05, 0.1) is 10.8 Å². The van der Waals surface area contributed by atoms with E-state index in [0.29, 0.717) is 19.4 Å². The summed E-state index contributed by atoms with van der Waals surface area (Å²) in [4.78, 5) is 34.9. The molecule has 1 amide bonds. The summed E-state index contributed by atoms with van der Waals surface area (Å²) in [6.45, 7) is 0.539. The highest BCUT2D eigenvalue weighted by Crippen LogP contribution is 2.24. The molecule has 1 heterocycles. The normalized spacial score (nSPS) is 18.3.